The maximum absolute atomic E-state index is 12.8. The molecule has 1 aromatic carbocycles. The summed E-state index contributed by atoms with van der Waals surface area (Å²) in [4.78, 5) is 26.8. The topological polar surface area (TPSA) is 83.5 Å². The molecule has 7 nitrogen and oxygen atoms in total. The van der Waals surface area contributed by atoms with Gasteiger partial charge in [-0.15, -0.1) is 11.3 Å². The Bertz CT molecular complexity index is 1230. The van der Waals surface area contributed by atoms with Gasteiger partial charge in [-0.25, -0.2) is 18.4 Å². The molecule has 0 spiro atoms. The summed E-state index contributed by atoms with van der Waals surface area (Å²) < 4.78 is 23.5. The monoisotopic (exact) mass is 456 g/mol. The lowest BCUT2D eigenvalue weighted by Crippen LogP contribution is -2.50. The molecular weight excluding hydrogens is 432 g/mol. The Balaban J connectivity index is 1.37. The van der Waals surface area contributed by atoms with Crippen LogP contribution < -0.4 is 4.90 Å². The normalized spacial score (nSPS) is 21.0. The predicted octanol–water partition coefficient (Wildman–Crippen LogP) is 2.75. The zero-order chi connectivity index (χ0) is 21.6. The molecule has 9 heteroatoms. The summed E-state index contributed by atoms with van der Waals surface area (Å²) in [7, 11) is -3.06. The van der Waals surface area contributed by atoms with E-state index < -0.39 is 9.84 Å². The summed E-state index contributed by atoms with van der Waals surface area (Å²) in [5, 5.41) is 3.19. The maximum Gasteiger partial charge on any atom is 0.226 e. The summed E-state index contributed by atoms with van der Waals surface area (Å²) in [5.41, 5.74) is 3.49. The van der Waals surface area contributed by atoms with Crippen LogP contribution in [0.5, 0.6) is 0 Å². The molecular formula is C22H24N4O3S2. The number of rotatable bonds is 3. The van der Waals surface area contributed by atoms with Crippen LogP contribution in [0, 0.1) is 12.8 Å². The Hall–Kier alpha value is -2.52. The molecule has 31 heavy (non-hydrogen) atoms. The average Bonchev–Trinajstić information content (AvgIpc) is 3.37. The van der Waals surface area contributed by atoms with Crippen molar-refractivity contribution in [1.29, 1.82) is 0 Å². The third-order valence-electron chi connectivity index (χ3n) is 6.19. The Morgan fingerprint density at radius 1 is 1.10 bits per heavy atom. The fourth-order valence-electron chi connectivity index (χ4n) is 4.43. The van der Waals surface area contributed by atoms with Crippen LogP contribution in [0.15, 0.2) is 36.0 Å². The number of carbonyl (C=O) groups is 1. The minimum Gasteiger partial charge on any atom is -0.352 e. The SMILES string of the molecule is Cc1ccc(-c2csc3ncnc(N4CCN(C(=O)C5CCS(=O)(=O)C5)CC4)c23)cc1. The summed E-state index contributed by atoms with van der Waals surface area (Å²) in [6.07, 6.45) is 2.05. The van der Waals surface area contributed by atoms with Crippen LogP contribution in [0.4, 0.5) is 5.82 Å². The smallest absolute Gasteiger partial charge is 0.226 e. The van der Waals surface area contributed by atoms with Crippen LogP contribution in [0.3, 0.4) is 0 Å². The van der Waals surface area contributed by atoms with Gasteiger partial charge >= 0.3 is 0 Å². The second-order valence-corrected chi connectivity index (χ2v) is 11.4. The van der Waals surface area contributed by atoms with Gasteiger partial charge in [-0.3, -0.25) is 4.79 Å². The average molecular weight is 457 g/mol. The van der Waals surface area contributed by atoms with E-state index in [9.17, 15) is 13.2 Å². The van der Waals surface area contributed by atoms with E-state index in [1.165, 1.54) is 5.56 Å². The zero-order valence-electron chi connectivity index (χ0n) is 17.3. The van der Waals surface area contributed by atoms with Crippen molar-refractivity contribution in [3.63, 3.8) is 0 Å². The van der Waals surface area contributed by atoms with Crippen LogP contribution in [0.2, 0.25) is 0 Å². The van der Waals surface area contributed by atoms with Crippen molar-refractivity contribution in [1.82, 2.24) is 14.9 Å². The number of anilines is 1. The number of amides is 1. The van der Waals surface area contributed by atoms with Crippen LogP contribution in [-0.2, 0) is 14.6 Å². The van der Waals surface area contributed by atoms with Gasteiger partial charge in [0.2, 0.25) is 5.91 Å². The van der Waals surface area contributed by atoms with Crippen molar-refractivity contribution >= 4 is 43.1 Å². The van der Waals surface area contributed by atoms with E-state index in [1.54, 1.807) is 17.7 Å². The number of thiophene rings is 1. The van der Waals surface area contributed by atoms with Gasteiger partial charge in [0.15, 0.2) is 9.84 Å². The molecule has 0 saturated carbocycles. The number of aryl methyl sites for hydroxylation is 1. The number of fused-ring (bicyclic) bond motifs is 1. The minimum atomic E-state index is -3.06. The van der Waals surface area contributed by atoms with Crippen LogP contribution in [0.1, 0.15) is 12.0 Å². The Morgan fingerprint density at radius 2 is 1.84 bits per heavy atom. The molecule has 2 aliphatic heterocycles. The number of hydrogen-bond acceptors (Lipinski definition) is 7. The fraction of sp³-hybridized carbons (Fsp3) is 0.409. The molecule has 1 amide bonds. The molecule has 5 rings (SSSR count). The first kappa shape index (κ1) is 20.4. The maximum atomic E-state index is 12.8. The molecule has 2 aliphatic rings. The van der Waals surface area contributed by atoms with E-state index in [2.05, 4.69) is 51.4 Å². The number of carbonyl (C=O) groups excluding carboxylic acids is 1. The van der Waals surface area contributed by atoms with Gasteiger partial charge in [-0.1, -0.05) is 29.8 Å². The molecule has 162 valence electrons. The number of piperazine rings is 1. The van der Waals surface area contributed by atoms with Gasteiger partial charge in [0.1, 0.15) is 17.0 Å². The van der Waals surface area contributed by atoms with Gasteiger partial charge in [0, 0.05) is 37.1 Å². The molecule has 2 saturated heterocycles. The molecule has 4 heterocycles. The van der Waals surface area contributed by atoms with Crippen LogP contribution in [-0.4, -0.2) is 66.9 Å². The van der Waals surface area contributed by atoms with Gasteiger partial charge < -0.3 is 9.80 Å². The highest BCUT2D eigenvalue weighted by Gasteiger charge is 2.36. The van der Waals surface area contributed by atoms with Crippen molar-refractivity contribution in [2.75, 3.05) is 42.6 Å². The Labute approximate surface area is 185 Å². The van der Waals surface area contributed by atoms with E-state index in [-0.39, 0.29) is 23.3 Å². The molecule has 2 fully saturated rings. The lowest BCUT2D eigenvalue weighted by atomic mass is 10.0. The molecule has 0 aliphatic carbocycles. The van der Waals surface area contributed by atoms with E-state index >= 15 is 0 Å². The van der Waals surface area contributed by atoms with Crippen molar-refractivity contribution in [2.45, 2.75) is 13.3 Å². The molecule has 0 N–H and O–H groups in total. The predicted molar refractivity (Wildman–Crippen MR) is 123 cm³/mol. The summed E-state index contributed by atoms with van der Waals surface area (Å²) in [5.74, 6) is 0.615. The molecule has 1 unspecified atom stereocenters. The van der Waals surface area contributed by atoms with Gasteiger partial charge in [-0.05, 0) is 18.9 Å². The van der Waals surface area contributed by atoms with Crippen molar-refractivity contribution < 1.29 is 13.2 Å². The second kappa shape index (κ2) is 7.87. The fourth-order valence-corrected chi connectivity index (χ4v) is 7.07. The summed E-state index contributed by atoms with van der Waals surface area (Å²) in [6.45, 7) is 4.56. The molecule has 3 aromatic rings. The van der Waals surface area contributed by atoms with E-state index in [4.69, 9.17) is 0 Å². The zero-order valence-corrected chi connectivity index (χ0v) is 19.0. The highest BCUT2D eigenvalue weighted by molar-refractivity contribution is 7.91. The lowest BCUT2D eigenvalue weighted by Gasteiger charge is -2.36. The third kappa shape index (κ3) is 3.92. The first-order chi connectivity index (χ1) is 14.9. The first-order valence-electron chi connectivity index (χ1n) is 10.4. The first-order valence-corrected chi connectivity index (χ1v) is 13.1. The lowest BCUT2D eigenvalue weighted by molar-refractivity contribution is -0.135. The van der Waals surface area contributed by atoms with E-state index in [0.717, 1.165) is 27.2 Å². The van der Waals surface area contributed by atoms with E-state index in [1.807, 2.05) is 4.90 Å². The van der Waals surface area contributed by atoms with Crippen LogP contribution >= 0.6 is 11.3 Å². The summed E-state index contributed by atoms with van der Waals surface area (Å²) in [6, 6.07) is 8.46. The Kier molecular flexibility index (Phi) is 5.18. The highest BCUT2D eigenvalue weighted by atomic mass is 32.2. The van der Waals surface area contributed by atoms with Gasteiger partial charge in [-0.2, -0.15) is 0 Å². The number of sulfone groups is 1. The molecule has 1 atom stereocenters. The molecule has 2 aromatic heterocycles. The largest absolute Gasteiger partial charge is 0.352 e. The van der Waals surface area contributed by atoms with Crippen molar-refractivity contribution in [3.05, 3.63) is 41.5 Å². The third-order valence-corrected chi connectivity index (χ3v) is 8.84. The number of benzene rings is 1. The minimum absolute atomic E-state index is 0.00655. The molecule has 0 bridgehead atoms. The van der Waals surface area contributed by atoms with Gasteiger partial charge in [0.25, 0.3) is 0 Å². The Morgan fingerprint density at radius 3 is 2.52 bits per heavy atom. The number of nitrogens with zero attached hydrogens (tertiary/aromatic N) is 4. The second-order valence-electron chi connectivity index (χ2n) is 8.31. The van der Waals surface area contributed by atoms with Crippen LogP contribution in [0.25, 0.3) is 21.3 Å². The summed E-state index contributed by atoms with van der Waals surface area (Å²) >= 11 is 1.61. The van der Waals surface area contributed by atoms with Crippen molar-refractivity contribution in [2.24, 2.45) is 5.92 Å². The quantitative estimate of drug-likeness (QED) is 0.603. The standard InChI is InChI=1S/C22H24N4O3S2/c1-15-2-4-16(5-3-15)18-12-30-21-19(18)20(23-14-24-21)25-7-9-26(10-8-25)22(27)17-6-11-31(28,29)13-17/h2-5,12,14,17H,6-11,13H2,1H3. The number of aromatic nitrogens is 2. The number of hydrogen-bond donors (Lipinski definition) is 0. The van der Waals surface area contributed by atoms with Gasteiger partial charge in [0.05, 0.1) is 22.8 Å². The van der Waals surface area contributed by atoms with E-state index in [0.29, 0.717) is 32.6 Å². The van der Waals surface area contributed by atoms with Crippen molar-refractivity contribution in [3.8, 4) is 11.1 Å². The molecule has 0 radical (unpaired) electrons. The highest BCUT2D eigenvalue weighted by Crippen LogP contribution is 2.38.